The van der Waals surface area contributed by atoms with Crippen LogP contribution >= 0.6 is 0 Å². The molecule has 0 aromatic heterocycles. The summed E-state index contributed by atoms with van der Waals surface area (Å²) >= 11 is 0. The molecule has 1 fully saturated rings. The second-order valence-corrected chi connectivity index (χ2v) is 3.53. The van der Waals surface area contributed by atoms with Crippen LogP contribution in [0.5, 0.6) is 11.5 Å². The number of rotatable bonds is 2. The SMILES string of the molecule is O=C=NC1(c2ccc(O)c(F)c2O)CC1. The van der Waals surface area contributed by atoms with Crippen LogP contribution in [0.1, 0.15) is 18.4 Å². The molecule has 0 atom stereocenters. The van der Waals surface area contributed by atoms with E-state index in [4.69, 9.17) is 5.11 Å². The van der Waals surface area contributed by atoms with Gasteiger partial charge in [0, 0.05) is 5.56 Å². The van der Waals surface area contributed by atoms with Crippen molar-refractivity contribution in [1.82, 2.24) is 0 Å². The first-order valence-electron chi connectivity index (χ1n) is 4.41. The molecule has 0 radical (unpaired) electrons. The summed E-state index contributed by atoms with van der Waals surface area (Å²) in [6.07, 6.45) is 2.55. The molecule has 0 aliphatic heterocycles. The van der Waals surface area contributed by atoms with Gasteiger partial charge in [-0.1, -0.05) is 0 Å². The Bertz CT molecular complexity index is 462. The molecule has 0 spiro atoms. The Labute approximate surface area is 84.7 Å². The van der Waals surface area contributed by atoms with E-state index < -0.39 is 22.9 Å². The Balaban J connectivity index is 2.55. The third kappa shape index (κ3) is 1.37. The highest BCUT2D eigenvalue weighted by Gasteiger charge is 2.47. The predicted octanol–water partition coefficient (Wildman–Crippen LogP) is 1.56. The molecular formula is C10H8FNO3. The maximum Gasteiger partial charge on any atom is 0.235 e. The van der Waals surface area contributed by atoms with Gasteiger partial charge in [0.15, 0.2) is 11.5 Å². The number of phenolic OH excluding ortho intramolecular Hbond substituents is 2. The van der Waals surface area contributed by atoms with Crippen LogP contribution in [0.15, 0.2) is 17.1 Å². The quantitative estimate of drug-likeness (QED) is 0.573. The molecule has 0 unspecified atom stereocenters. The van der Waals surface area contributed by atoms with Crippen molar-refractivity contribution in [2.75, 3.05) is 0 Å². The first kappa shape index (κ1) is 9.68. The Hall–Kier alpha value is -1.87. The lowest BCUT2D eigenvalue weighted by atomic mass is 10.0. The molecule has 1 aromatic rings. The maximum absolute atomic E-state index is 13.1. The van der Waals surface area contributed by atoms with Crippen LogP contribution in [0, 0.1) is 5.82 Å². The van der Waals surface area contributed by atoms with E-state index in [0.717, 1.165) is 6.07 Å². The first-order valence-corrected chi connectivity index (χ1v) is 4.41. The van der Waals surface area contributed by atoms with Crippen molar-refractivity contribution in [3.63, 3.8) is 0 Å². The highest BCUT2D eigenvalue weighted by Crippen LogP contribution is 2.53. The lowest BCUT2D eigenvalue weighted by Crippen LogP contribution is -2.03. The van der Waals surface area contributed by atoms with Gasteiger partial charge in [0.25, 0.3) is 0 Å². The van der Waals surface area contributed by atoms with Crippen LogP contribution < -0.4 is 0 Å². The number of hydrogen-bond acceptors (Lipinski definition) is 4. The fourth-order valence-electron chi connectivity index (χ4n) is 1.58. The van der Waals surface area contributed by atoms with E-state index in [-0.39, 0.29) is 5.56 Å². The van der Waals surface area contributed by atoms with Crippen molar-refractivity contribution in [1.29, 1.82) is 0 Å². The number of aliphatic imine (C=N–C) groups is 1. The average molecular weight is 209 g/mol. The summed E-state index contributed by atoms with van der Waals surface area (Å²) in [5, 5.41) is 18.5. The lowest BCUT2D eigenvalue weighted by molar-refractivity contribution is 0.381. The van der Waals surface area contributed by atoms with Gasteiger partial charge in [-0.25, -0.2) is 4.79 Å². The summed E-state index contributed by atoms with van der Waals surface area (Å²) in [4.78, 5) is 13.7. The number of nitrogens with zero attached hydrogens (tertiary/aromatic N) is 1. The number of aromatic hydroxyl groups is 2. The molecule has 0 amide bonds. The Morgan fingerprint density at radius 2 is 2.07 bits per heavy atom. The summed E-state index contributed by atoms with van der Waals surface area (Å²) in [5.41, 5.74) is -0.610. The molecular weight excluding hydrogens is 201 g/mol. The van der Waals surface area contributed by atoms with E-state index in [9.17, 15) is 14.3 Å². The summed E-state index contributed by atoms with van der Waals surface area (Å²) < 4.78 is 13.1. The van der Waals surface area contributed by atoms with Crippen molar-refractivity contribution in [3.8, 4) is 11.5 Å². The molecule has 15 heavy (non-hydrogen) atoms. The summed E-state index contributed by atoms with van der Waals surface area (Å²) in [7, 11) is 0. The fraction of sp³-hybridized carbons (Fsp3) is 0.300. The van der Waals surface area contributed by atoms with Gasteiger partial charge in [-0.15, -0.1) is 0 Å². The van der Waals surface area contributed by atoms with Gasteiger partial charge in [0.2, 0.25) is 11.9 Å². The molecule has 5 heteroatoms. The summed E-state index contributed by atoms with van der Waals surface area (Å²) in [5.74, 6) is -2.35. The molecule has 0 bridgehead atoms. The Kier molecular flexibility index (Phi) is 1.98. The minimum Gasteiger partial charge on any atom is -0.505 e. The smallest absolute Gasteiger partial charge is 0.235 e. The Morgan fingerprint density at radius 3 is 2.60 bits per heavy atom. The second kappa shape index (κ2) is 3.07. The largest absolute Gasteiger partial charge is 0.505 e. The number of halogens is 1. The van der Waals surface area contributed by atoms with E-state index >= 15 is 0 Å². The number of hydrogen-bond donors (Lipinski definition) is 2. The maximum atomic E-state index is 13.1. The minimum atomic E-state index is -1.08. The first-order chi connectivity index (χ1) is 7.10. The second-order valence-electron chi connectivity index (χ2n) is 3.53. The fourth-order valence-corrected chi connectivity index (χ4v) is 1.58. The number of phenols is 2. The van der Waals surface area contributed by atoms with Crippen molar-refractivity contribution >= 4 is 6.08 Å². The highest BCUT2D eigenvalue weighted by molar-refractivity contribution is 5.50. The normalized spacial score (nSPS) is 16.9. The van der Waals surface area contributed by atoms with Gasteiger partial charge in [-0.2, -0.15) is 9.38 Å². The van der Waals surface area contributed by atoms with E-state index in [1.54, 1.807) is 0 Å². The number of isocyanates is 1. The number of carbonyl (C=O) groups excluding carboxylic acids is 1. The van der Waals surface area contributed by atoms with E-state index in [2.05, 4.69) is 4.99 Å². The van der Waals surface area contributed by atoms with Crippen LogP contribution in [0.25, 0.3) is 0 Å². The predicted molar refractivity (Wildman–Crippen MR) is 48.8 cm³/mol. The molecule has 0 saturated heterocycles. The van der Waals surface area contributed by atoms with E-state index in [0.29, 0.717) is 12.8 Å². The van der Waals surface area contributed by atoms with Crippen molar-refractivity contribution in [3.05, 3.63) is 23.5 Å². The monoisotopic (exact) mass is 209 g/mol. The molecule has 1 aromatic carbocycles. The molecule has 0 heterocycles. The Morgan fingerprint density at radius 1 is 1.40 bits per heavy atom. The lowest BCUT2D eigenvalue weighted by Gasteiger charge is -2.11. The third-order valence-electron chi connectivity index (χ3n) is 2.58. The van der Waals surface area contributed by atoms with Crippen LogP contribution in [0.3, 0.4) is 0 Å². The van der Waals surface area contributed by atoms with E-state index in [1.807, 2.05) is 0 Å². The standard InChI is InChI=1S/C10H8FNO3/c11-8-7(14)2-1-6(9(8)15)10(3-4-10)12-5-13/h1-2,14-15H,3-4H2. The topological polar surface area (TPSA) is 69.9 Å². The molecule has 1 saturated carbocycles. The van der Waals surface area contributed by atoms with Gasteiger partial charge in [0.05, 0.1) is 0 Å². The van der Waals surface area contributed by atoms with Crippen molar-refractivity contribution in [2.45, 2.75) is 18.4 Å². The zero-order valence-electron chi connectivity index (χ0n) is 7.70. The van der Waals surface area contributed by atoms with Gasteiger partial charge in [-0.3, -0.25) is 0 Å². The average Bonchev–Trinajstić information content (AvgIpc) is 2.96. The molecule has 2 N–H and O–H groups in total. The molecule has 2 rings (SSSR count). The zero-order chi connectivity index (χ0) is 11.1. The van der Waals surface area contributed by atoms with Gasteiger partial charge >= 0.3 is 0 Å². The van der Waals surface area contributed by atoms with Crippen LogP contribution in [-0.2, 0) is 10.3 Å². The van der Waals surface area contributed by atoms with Gasteiger partial charge < -0.3 is 10.2 Å². The van der Waals surface area contributed by atoms with Gasteiger partial charge in [-0.05, 0) is 25.0 Å². The molecule has 4 nitrogen and oxygen atoms in total. The highest BCUT2D eigenvalue weighted by atomic mass is 19.1. The third-order valence-corrected chi connectivity index (χ3v) is 2.58. The van der Waals surface area contributed by atoms with Crippen molar-refractivity contribution < 1.29 is 19.4 Å². The van der Waals surface area contributed by atoms with E-state index in [1.165, 1.54) is 12.1 Å². The number of benzene rings is 1. The van der Waals surface area contributed by atoms with Gasteiger partial charge in [0.1, 0.15) is 5.54 Å². The van der Waals surface area contributed by atoms with Crippen LogP contribution in [0.2, 0.25) is 0 Å². The summed E-state index contributed by atoms with van der Waals surface area (Å²) in [6.45, 7) is 0. The van der Waals surface area contributed by atoms with Crippen LogP contribution in [-0.4, -0.2) is 16.3 Å². The molecule has 1 aliphatic rings. The zero-order valence-corrected chi connectivity index (χ0v) is 7.70. The summed E-state index contributed by atoms with van der Waals surface area (Å²) in [6, 6.07) is 2.49. The molecule has 78 valence electrons. The van der Waals surface area contributed by atoms with Crippen molar-refractivity contribution in [2.24, 2.45) is 4.99 Å². The minimum absolute atomic E-state index is 0.223. The van der Waals surface area contributed by atoms with Crippen LogP contribution in [0.4, 0.5) is 4.39 Å². The molecule has 1 aliphatic carbocycles.